The molecule has 0 fully saturated rings. The number of nitrogens with one attached hydrogen (secondary N) is 1. The first-order valence-corrected chi connectivity index (χ1v) is 3.83. The Hall–Kier alpha value is -0.550. The molecule has 0 bridgehead atoms. The van der Waals surface area contributed by atoms with Crippen molar-refractivity contribution in [2.24, 2.45) is 5.41 Å². The highest BCUT2D eigenvalue weighted by atomic mass is 19.1. The lowest BCUT2D eigenvalue weighted by Crippen LogP contribution is -2.17. The Morgan fingerprint density at radius 2 is 2.00 bits per heavy atom. The SMILES string of the molecule is CC(C)(C)C#CCNCCF. The molecule has 0 spiro atoms. The van der Waals surface area contributed by atoms with Crippen molar-refractivity contribution in [3.05, 3.63) is 0 Å². The van der Waals surface area contributed by atoms with Crippen LogP contribution in [-0.4, -0.2) is 19.8 Å². The van der Waals surface area contributed by atoms with Gasteiger partial charge in [0.2, 0.25) is 0 Å². The van der Waals surface area contributed by atoms with Gasteiger partial charge in [-0.2, -0.15) is 0 Å². The Morgan fingerprint density at radius 3 is 2.45 bits per heavy atom. The number of halogens is 1. The first-order chi connectivity index (χ1) is 5.06. The van der Waals surface area contributed by atoms with E-state index in [-0.39, 0.29) is 12.1 Å². The molecule has 0 aliphatic carbocycles. The summed E-state index contributed by atoms with van der Waals surface area (Å²) in [6.07, 6.45) is 0. The quantitative estimate of drug-likeness (QED) is 0.484. The van der Waals surface area contributed by atoms with Crippen molar-refractivity contribution in [3.63, 3.8) is 0 Å². The summed E-state index contributed by atoms with van der Waals surface area (Å²) < 4.78 is 11.5. The lowest BCUT2D eigenvalue weighted by Gasteiger charge is -2.06. The number of alkyl halides is 1. The minimum atomic E-state index is -0.322. The van der Waals surface area contributed by atoms with Gasteiger partial charge in [0, 0.05) is 12.0 Å². The fraction of sp³-hybridized carbons (Fsp3) is 0.778. The van der Waals surface area contributed by atoms with Gasteiger partial charge < -0.3 is 5.32 Å². The zero-order valence-corrected chi connectivity index (χ0v) is 7.50. The van der Waals surface area contributed by atoms with Gasteiger partial charge in [-0.15, -0.1) is 0 Å². The minimum Gasteiger partial charge on any atom is -0.304 e. The molecule has 0 radical (unpaired) electrons. The largest absolute Gasteiger partial charge is 0.304 e. The van der Waals surface area contributed by atoms with Gasteiger partial charge in [-0.05, 0) is 20.8 Å². The van der Waals surface area contributed by atoms with E-state index in [4.69, 9.17) is 0 Å². The second kappa shape index (κ2) is 5.15. The fourth-order valence-electron chi connectivity index (χ4n) is 0.527. The molecule has 0 heterocycles. The second-order valence-corrected chi connectivity index (χ2v) is 3.42. The van der Waals surface area contributed by atoms with Crippen molar-refractivity contribution < 1.29 is 4.39 Å². The van der Waals surface area contributed by atoms with Crippen molar-refractivity contribution >= 4 is 0 Å². The maximum atomic E-state index is 11.5. The number of rotatable bonds is 3. The summed E-state index contributed by atoms with van der Waals surface area (Å²) in [6, 6.07) is 0. The van der Waals surface area contributed by atoms with Gasteiger partial charge in [-0.25, -0.2) is 4.39 Å². The van der Waals surface area contributed by atoms with Crippen molar-refractivity contribution in [3.8, 4) is 11.8 Å². The predicted molar refractivity (Wildman–Crippen MR) is 46.1 cm³/mol. The van der Waals surface area contributed by atoms with Crippen LogP contribution in [0.1, 0.15) is 20.8 Å². The van der Waals surface area contributed by atoms with Gasteiger partial charge in [-0.1, -0.05) is 11.8 Å². The average molecular weight is 157 g/mol. The van der Waals surface area contributed by atoms with Crippen LogP contribution in [0.3, 0.4) is 0 Å². The smallest absolute Gasteiger partial charge is 0.102 e. The summed E-state index contributed by atoms with van der Waals surface area (Å²) in [5.74, 6) is 5.98. The molecule has 0 rings (SSSR count). The van der Waals surface area contributed by atoms with Gasteiger partial charge >= 0.3 is 0 Å². The standard InChI is InChI=1S/C9H16FN/c1-9(2,3)5-4-7-11-8-6-10/h11H,6-8H2,1-3H3. The van der Waals surface area contributed by atoms with Crippen molar-refractivity contribution in [1.29, 1.82) is 0 Å². The molecule has 64 valence electrons. The van der Waals surface area contributed by atoms with Gasteiger partial charge in [0.1, 0.15) is 6.67 Å². The maximum Gasteiger partial charge on any atom is 0.102 e. The first kappa shape index (κ1) is 10.4. The monoisotopic (exact) mass is 157 g/mol. The third-order valence-corrected chi connectivity index (χ3v) is 0.948. The normalized spacial score (nSPS) is 10.5. The predicted octanol–water partition coefficient (Wildman–Crippen LogP) is 1.59. The van der Waals surface area contributed by atoms with E-state index in [2.05, 4.69) is 37.9 Å². The summed E-state index contributed by atoms with van der Waals surface area (Å²) in [5, 5.41) is 2.86. The molecule has 0 amide bonds. The van der Waals surface area contributed by atoms with E-state index in [1.54, 1.807) is 0 Å². The van der Waals surface area contributed by atoms with E-state index < -0.39 is 0 Å². The van der Waals surface area contributed by atoms with Crippen LogP contribution in [0.2, 0.25) is 0 Å². The maximum absolute atomic E-state index is 11.5. The molecule has 0 saturated heterocycles. The van der Waals surface area contributed by atoms with E-state index in [1.807, 2.05) is 0 Å². The molecule has 0 aliphatic rings. The van der Waals surface area contributed by atoms with Gasteiger partial charge in [-0.3, -0.25) is 0 Å². The van der Waals surface area contributed by atoms with Gasteiger partial charge in [0.05, 0.1) is 6.54 Å². The molecule has 0 aromatic rings. The zero-order chi connectivity index (χ0) is 8.74. The van der Waals surface area contributed by atoms with E-state index >= 15 is 0 Å². The van der Waals surface area contributed by atoms with Crippen LogP contribution < -0.4 is 5.32 Å². The van der Waals surface area contributed by atoms with E-state index in [9.17, 15) is 4.39 Å². The molecule has 11 heavy (non-hydrogen) atoms. The van der Waals surface area contributed by atoms with Crippen LogP contribution in [-0.2, 0) is 0 Å². The third kappa shape index (κ3) is 9.45. The minimum absolute atomic E-state index is 0.0530. The lowest BCUT2D eigenvalue weighted by molar-refractivity contribution is 0.476. The summed E-state index contributed by atoms with van der Waals surface area (Å²) >= 11 is 0. The molecule has 2 heteroatoms. The van der Waals surface area contributed by atoms with Crippen LogP contribution in [0.5, 0.6) is 0 Å². The highest BCUT2D eigenvalue weighted by Crippen LogP contribution is 2.09. The summed E-state index contributed by atoms with van der Waals surface area (Å²) in [5.41, 5.74) is 0.0530. The van der Waals surface area contributed by atoms with Crippen LogP contribution in [0.25, 0.3) is 0 Å². The van der Waals surface area contributed by atoms with Crippen molar-refractivity contribution in [2.45, 2.75) is 20.8 Å². The molecule has 0 atom stereocenters. The Balaban J connectivity index is 3.41. The molecule has 0 saturated carbocycles. The number of hydrogen-bond donors (Lipinski definition) is 1. The molecule has 0 aliphatic heterocycles. The van der Waals surface area contributed by atoms with Gasteiger partial charge in [0.15, 0.2) is 0 Å². The Labute approximate surface area is 68.4 Å². The first-order valence-electron chi connectivity index (χ1n) is 3.83. The molecular formula is C9H16FN. The molecule has 0 aromatic heterocycles. The molecule has 0 aromatic carbocycles. The second-order valence-electron chi connectivity index (χ2n) is 3.42. The summed E-state index contributed by atoms with van der Waals surface area (Å²) in [7, 11) is 0. The Bertz CT molecular complexity index is 147. The Morgan fingerprint density at radius 1 is 1.36 bits per heavy atom. The molecular weight excluding hydrogens is 141 g/mol. The Kier molecular flexibility index (Phi) is 4.89. The van der Waals surface area contributed by atoms with Crippen LogP contribution in [0.15, 0.2) is 0 Å². The lowest BCUT2D eigenvalue weighted by atomic mass is 9.98. The van der Waals surface area contributed by atoms with Crippen LogP contribution in [0, 0.1) is 17.3 Å². The molecule has 1 N–H and O–H groups in total. The van der Waals surface area contributed by atoms with Crippen LogP contribution in [0.4, 0.5) is 4.39 Å². The van der Waals surface area contributed by atoms with Crippen molar-refractivity contribution in [1.82, 2.24) is 5.32 Å². The van der Waals surface area contributed by atoms with E-state index in [0.29, 0.717) is 13.1 Å². The summed E-state index contributed by atoms with van der Waals surface area (Å²) in [4.78, 5) is 0. The average Bonchev–Trinajstić information content (AvgIpc) is 1.85. The van der Waals surface area contributed by atoms with Crippen molar-refractivity contribution in [2.75, 3.05) is 19.8 Å². The highest BCUT2D eigenvalue weighted by molar-refractivity contribution is 5.08. The topological polar surface area (TPSA) is 12.0 Å². The number of hydrogen-bond acceptors (Lipinski definition) is 1. The summed E-state index contributed by atoms with van der Waals surface area (Å²) in [6.45, 7) is 6.82. The van der Waals surface area contributed by atoms with E-state index in [0.717, 1.165) is 0 Å². The van der Waals surface area contributed by atoms with Crippen LogP contribution >= 0.6 is 0 Å². The third-order valence-electron chi connectivity index (χ3n) is 0.948. The molecule has 1 nitrogen and oxygen atoms in total. The highest BCUT2D eigenvalue weighted by Gasteiger charge is 2.02. The van der Waals surface area contributed by atoms with Gasteiger partial charge in [0.25, 0.3) is 0 Å². The fourth-order valence-corrected chi connectivity index (χ4v) is 0.527. The molecule has 0 unspecified atom stereocenters. The zero-order valence-electron chi connectivity index (χ0n) is 7.50. The van der Waals surface area contributed by atoms with E-state index in [1.165, 1.54) is 0 Å².